The van der Waals surface area contributed by atoms with Gasteiger partial charge in [-0.15, -0.1) is 0 Å². The smallest absolute Gasteiger partial charge is 0.240 e. The highest BCUT2D eigenvalue weighted by Crippen LogP contribution is 2.18. The summed E-state index contributed by atoms with van der Waals surface area (Å²) in [6.45, 7) is 8.22. The maximum absolute atomic E-state index is 5.11. The van der Waals surface area contributed by atoms with E-state index in [1.54, 1.807) is 7.11 Å². The van der Waals surface area contributed by atoms with Crippen molar-refractivity contribution >= 4 is 0 Å². The normalized spacial score (nSPS) is 12.0. The van der Waals surface area contributed by atoms with Gasteiger partial charge in [0.25, 0.3) is 0 Å². The summed E-state index contributed by atoms with van der Waals surface area (Å²) in [5, 5.41) is 7.08. The van der Waals surface area contributed by atoms with Crippen LogP contribution in [-0.2, 0) is 16.7 Å². The van der Waals surface area contributed by atoms with Gasteiger partial charge in [-0.25, -0.2) is 0 Å². The van der Waals surface area contributed by atoms with Gasteiger partial charge in [-0.3, -0.25) is 0 Å². The van der Waals surface area contributed by atoms with Crippen LogP contribution in [-0.4, -0.2) is 30.4 Å². The predicted octanol–water partition coefficient (Wildman–Crippen LogP) is 1.10. The van der Waals surface area contributed by atoms with Gasteiger partial charge in [-0.05, 0) is 0 Å². The molecule has 5 heteroatoms. The molecule has 0 saturated heterocycles. The number of nitrogens with zero attached hydrogens (tertiary/aromatic N) is 2. The third-order valence-corrected chi connectivity index (χ3v) is 1.90. The van der Waals surface area contributed by atoms with Crippen LogP contribution >= 0.6 is 0 Å². The molecule has 15 heavy (non-hydrogen) atoms. The van der Waals surface area contributed by atoms with E-state index in [0.717, 1.165) is 12.4 Å². The molecule has 0 spiro atoms. The van der Waals surface area contributed by atoms with Gasteiger partial charge in [0.1, 0.15) is 0 Å². The standard InChI is InChI=1S/C10H19N3O2/c1-10(2,3)9-12-8(15-13-9)7-11-5-6-14-4/h11H,5-7H2,1-4H3. The van der Waals surface area contributed by atoms with Crippen LogP contribution in [0.25, 0.3) is 0 Å². The summed E-state index contributed by atoms with van der Waals surface area (Å²) >= 11 is 0. The highest BCUT2D eigenvalue weighted by molar-refractivity contribution is 4.99. The largest absolute Gasteiger partial charge is 0.383 e. The number of ether oxygens (including phenoxy) is 1. The van der Waals surface area contributed by atoms with Gasteiger partial charge in [0.05, 0.1) is 13.2 Å². The summed E-state index contributed by atoms with van der Waals surface area (Å²) in [5.41, 5.74) is -0.0612. The molecule has 1 rings (SSSR count). The lowest BCUT2D eigenvalue weighted by atomic mass is 9.96. The Morgan fingerprint density at radius 2 is 2.13 bits per heavy atom. The molecule has 5 nitrogen and oxygen atoms in total. The molecule has 0 unspecified atom stereocenters. The highest BCUT2D eigenvalue weighted by Gasteiger charge is 2.20. The van der Waals surface area contributed by atoms with Crippen LogP contribution in [0.3, 0.4) is 0 Å². The Labute approximate surface area is 90.2 Å². The highest BCUT2D eigenvalue weighted by atomic mass is 16.5. The van der Waals surface area contributed by atoms with Gasteiger partial charge in [-0.1, -0.05) is 25.9 Å². The lowest BCUT2D eigenvalue weighted by Gasteiger charge is -2.10. The first-order valence-electron chi connectivity index (χ1n) is 5.07. The van der Waals surface area contributed by atoms with Gasteiger partial charge < -0.3 is 14.6 Å². The third kappa shape index (κ3) is 3.97. The lowest BCUT2D eigenvalue weighted by molar-refractivity contribution is 0.197. The Morgan fingerprint density at radius 1 is 1.40 bits per heavy atom. The van der Waals surface area contributed by atoms with Crippen LogP contribution in [0.4, 0.5) is 0 Å². The number of hydrogen-bond acceptors (Lipinski definition) is 5. The SMILES string of the molecule is COCCNCc1nc(C(C)(C)C)no1. The van der Waals surface area contributed by atoms with Crippen LogP contribution in [0.5, 0.6) is 0 Å². The maximum atomic E-state index is 5.11. The molecule has 0 aromatic carbocycles. The second-order valence-electron chi connectivity index (χ2n) is 4.43. The number of rotatable bonds is 5. The lowest BCUT2D eigenvalue weighted by Crippen LogP contribution is -2.19. The quantitative estimate of drug-likeness (QED) is 0.742. The maximum Gasteiger partial charge on any atom is 0.240 e. The van der Waals surface area contributed by atoms with E-state index < -0.39 is 0 Å². The second kappa shape index (κ2) is 5.23. The molecule has 1 heterocycles. The van der Waals surface area contributed by atoms with Gasteiger partial charge in [-0.2, -0.15) is 4.98 Å². The van der Waals surface area contributed by atoms with Crippen molar-refractivity contribution in [3.63, 3.8) is 0 Å². The number of hydrogen-bond donors (Lipinski definition) is 1. The van der Waals surface area contributed by atoms with E-state index >= 15 is 0 Å². The molecular weight excluding hydrogens is 194 g/mol. The van der Waals surface area contributed by atoms with Gasteiger partial charge >= 0.3 is 0 Å². The molecule has 1 aromatic heterocycles. The number of nitrogens with one attached hydrogen (secondary N) is 1. The first kappa shape index (κ1) is 12.1. The van der Waals surface area contributed by atoms with Crippen LogP contribution in [0.2, 0.25) is 0 Å². The zero-order chi connectivity index (χ0) is 11.3. The zero-order valence-corrected chi connectivity index (χ0v) is 9.83. The molecule has 0 amide bonds. The van der Waals surface area contributed by atoms with E-state index in [9.17, 15) is 0 Å². The van der Waals surface area contributed by atoms with Crippen molar-refractivity contribution in [3.05, 3.63) is 11.7 Å². The summed E-state index contributed by atoms with van der Waals surface area (Å²) in [4.78, 5) is 4.30. The summed E-state index contributed by atoms with van der Waals surface area (Å²) in [6, 6.07) is 0. The van der Waals surface area contributed by atoms with Crippen LogP contribution < -0.4 is 5.32 Å². The molecule has 1 N–H and O–H groups in total. The summed E-state index contributed by atoms with van der Waals surface area (Å²) in [5.74, 6) is 1.36. The minimum atomic E-state index is -0.0612. The average molecular weight is 213 g/mol. The Kier molecular flexibility index (Phi) is 4.23. The summed E-state index contributed by atoms with van der Waals surface area (Å²) in [6.07, 6.45) is 0. The second-order valence-corrected chi connectivity index (χ2v) is 4.43. The minimum absolute atomic E-state index is 0.0612. The third-order valence-electron chi connectivity index (χ3n) is 1.90. The predicted molar refractivity (Wildman–Crippen MR) is 56.6 cm³/mol. The monoisotopic (exact) mass is 213 g/mol. The fourth-order valence-electron chi connectivity index (χ4n) is 1.00. The molecule has 0 radical (unpaired) electrons. The molecule has 0 aliphatic heterocycles. The molecule has 0 aliphatic carbocycles. The summed E-state index contributed by atoms with van der Waals surface area (Å²) in [7, 11) is 1.67. The Balaban J connectivity index is 2.40. The molecule has 1 aromatic rings. The van der Waals surface area contributed by atoms with E-state index in [2.05, 4.69) is 36.2 Å². The van der Waals surface area contributed by atoms with Gasteiger partial charge in [0, 0.05) is 19.1 Å². The Hall–Kier alpha value is -0.940. The molecule has 0 saturated carbocycles. The molecule has 0 bridgehead atoms. The average Bonchev–Trinajstić information content (AvgIpc) is 2.60. The van der Waals surface area contributed by atoms with Crippen molar-refractivity contribution in [2.75, 3.05) is 20.3 Å². The summed E-state index contributed by atoms with van der Waals surface area (Å²) < 4.78 is 10.0. The Morgan fingerprint density at radius 3 is 2.67 bits per heavy atom. The molecule has 0 fully saturated rings. The fourth-order valence-corrected chi connectivity index (χ4v) is 1.00. The van der Waals surface area contributed by atoms with Crippen molar-refractivity contribution in [2.45, 2.75) is 32.7 Å². The van der Waals surface area contributed by atoms with E-state index in [0.29, 0.717) is 19.0 Å². The number of methoxy groups -OCH3 is 1. The molecule has 0 atom stereocenters. The van der Waals surface area contributed by atoms with Crippen molar-refractivity contribution in [1.29, 1.82) is 0 Å². The van der Waals surface area contributed by atoms with Crippen molar-refractivity contribution in [3.8, 4) is 0 Å². The van der Waals surface area contributed by atoms with Crippen LogP contribution in [0, 0.1) is 0 Å². The van der Waals surface area contributed by atoms with E-state index in [1.165, 1.54) is 0 Å². The van der Waals surface area contributed by atoms with Gasteiger partial charge in [0.2, 0.25) is 5.89 Å². The first-order valence-corrected chi connectivity index (χ1v) is 5.07. The van der Waals surface area contributed by atoms with E-state index in [1.807, 2.05) is 0 Å². The van der Waals surface area contributed by atoms with Gasteiger partial charge in [0.15, 0.2) is 5.82 Å². The van der Waals surface area contributed by atoms with Crippen molar-refractivity contribution in [1.82, 2.24) is 15.5 Å². The molecule has 0 aliphatic rings. The van der Waals surface area contributed by atoms with Crippen LogP contribution in [0.1, 0.15) is 32.5 Å². The zero-order valence-electron chi connectivity index (χ0n) is 9.83. The first-order chi connectivity index (χ1) is 7.04. The minimum Gasteiger partial charge on any atom is -0.383 e. The molecular formula is C10H19N3O2. The van der Waals surface area contributed by atoms with Crippen molar-refractivity contribution in [2.24, 2.45) is 0 Å². The fraction of sp³-hybridized carbons (Fsp3) is 0.800. The van der Waals surface area contributed by atoms with Crippen molar-refractivity contribution < 1.29 is 9.26 Å². The topological polar surface area (TPSA) is 60.2 Å². The van der Waals surface area contributed by atoms with E-state index in [4.69, 9.17) is 9.26 Å². The number of aromatic nitrogens is 2. The molecule has 86 valence electrons. The Bertz CT molecular complexity index is 291. The van der Waals surface area contributed by atoms with Crippen LogP contribution in [0.15, 0.2) is 4.52 Å². The van der Waals surface area contributed by atoms with E-state index in [-0.39, 0.29) is 5.41 Å².